The summed E-state index contributed by atoms with van der Waals surface area (Å²) in [6.07, 6.45) is 1.32. The zero-order chi connectivity index (χ0) is 16.1. The Labute approximate surface area is 128 Å². The van der Waals surface area contributed by atoms with E-state index in [2.05, 4.69) is 15.0 Å². The molecule has 0 aliphatic heterocycles. The predicted octanol–water partition coefficient (Wildman–Crippen LogP) is 2.19. The number of nitrogens with zero attached hydrogens (tertiary/aromatic N) is 2. The first-order valence-corrected chi connectivity index (χ1v) is 6.64. The van der Waals surface area contributed by atoms with Crippen molar-refractivity contribution < 1.29 is 14.3 Å². The number of carbonyl (C=O) groups excluding carboxylic acids is 2. The smallest absolute Gasteiger partial charge is 0.339 e. The normalized spacial score (nSPS) is 9.95. The number of nitrogens with one attached hydrogen (secondary N) is 1. The number of anilines is 2. The summed E-state index contributed by atoms with van der Waals surface area (Å²) >= 11 is 0. The number of rotatable bonds is 4. The van der Waals surface area contributed by atoms with Gasteiger partial charge in [-0.15, -0.1) is 0 Å². The summed E-state index contributed by atoms with van der Waals surface area (Å²) in [4.78, 5) is 29.3. The third kappa shape index (κ3) is 3.60. The number of aromatic nitrogens is 1. The molecule has 0 atom stereocenters. The van der Waals surface area contributed by atoms with Crippen LogP contribution in [0.25, 0.3) is 0 Å². The van der Waals surface area contributed by atoms with Crippen molar-refractivity contribution in [3.8, 4) is 0 Å². The fraction of sp³-hybridized carbons (Fsp3) is 0.188. The van der Waals surface area contributed by atoms with Crippen molar-refractivity contribution in [3.63, 3.8) is 0 Å². The number of esters is 1. The van der Waals surface area contributed by atoms with Crippen molar-refractivity contribution >= 4 is 23.3 Å². The molecule has 0 aliphatic carbocycles. The molecule has 0 saturated carbocycles. The molecular formula is C16H17N3O3. The summed E-state index contributed by atoms with van der Waals surface area (Å²) in [5.74, 6) is -0.826. The van der Waals surface area contributed by atoms with Crippen molar-refractivity contribution in [1.29, 1.82) is 0 Å². The van der Waals surface area contributed by atoms with E-state index in [1.54, 1.807) is 0 Å². The quantitative estimate of drug-likeness (QED) is 0.876. The minimum Gasteiger partial charge on any atom is -0.465 e. The monoisotopic (exact) mass is 299 g/mol. The molecule has 6 heteroatoms. The van der Waals surface area contributed by atoms with Crippen molar-refractivity contribution in [1.82, 2.24) is 4.98 Å². The third-order valence-electron chi connectivity index (χ3n) is 3.06. The third-order valence-corrected chi connectivity index (χ3v) is 3.06. The molecule has 0 unspecified atom stereocenters. The van der Waals surface area contributed by atoms with Crippen LogP contribution in [0.15, 0.2) is 42.6 Å². The van der Waals surface area contributed by atoms with Gasteiger partial charge in [-0.1, -0.05) is 0 Å². The maximum absolute atomic E-state index is 12.1. The van der Waals surface area contributed by atoms with Crippen molar-refractivity contribution in [3.05, 3.63) is 53.9 Å². The Morgan fingerprint density at radius 2 is 1.77 bits per heavy atom. The SMILES string of the molecule is COC(=O)c1ccc(C(=O)Nc2ccc(N(C)C)cc2)nc1. The van der Waals surface area contributed by atoms with Gasteiger partial charge in [0.1, 0.15) is 5.69 Å². The van der Waals surface area contributed by atoms with E-state index < -0.39 is 5.97 Å². The van der Waals surface area contributed by atoms with Gasteiger partial charge in [0.15, 0.2) is 0 Å². The van der Waals surface area contributed by atoms with Crippen LogP contribution in [-0.4, -0.2) is 38.1 Å². The van der Waals surface area contributed by atoms with Gasteiger partial charge in [0.25, 0.3) is 5.91 Å². The molecule has 114 valence electrons. The van der Waals surface area contributed by atoms with Crippen LogP contribution in [0.2, 0.25) is 0 Å². The van der Waals surface area contributed by atoms with Gasteiger partial charge < -0.3 is 15.0 Å². The summed E-state index contributed by atoms with van der Waals surface area (Å²) in [7, 11) is 5.18. The first-order chi connectivity index (χ1) is 10.5. The molecule has 0 bridgehead atoms. The fourth-order valence-corrected chi connectivity index (χ4v) is 1.80. The van der Waals surface area contributed by atoms with E-state index in [1.807, 2.05) is 43.3 Å². The van der Waals surface area contributed by atoms with Crippen LogP contribution in [0.3, 0.4) is 0 Å². The zero-order valence-corrected chi connectivity index (χ0v) is 12.7. The Morgan fingerprint density at radius 1 is 1.09 bits per heavy atom. The first kappa shape index (κ1) is 15.5. The molecule has 1 amide bonds. The Kier molecular flexibility index (Phi) is 4.73. The molecule has 2 aromatic rings. The van der Waals surface area contributed by atoms with Crippen LogP contribution in [0.4, 0.5) is 11.4 Å². The number of hydrogen-bond donors (Lipinski definition) is 1. The minimum absolute atomic E-state index is 0.226. The van der Waals surface area contributed by atoms with Crippen LogP contribution in [-0.2, 0) is 4.74 Å². The van der Waals surface area contributed by atoms with E-state index in [1.165, 1.54) is 25.4 Å². The lowest BCUT2D eigenvalue weighted by Gasteiger charge is -2.13. The molecule has 6 nitrogen and oxygen atoms in total. The number of pyridine rings is 1. The van der Waals surface area contributed by atoms with Crippen molar-refractivity contribution in [2.75, 3.05) is 31.4 Å². The average molecular weight is 299 g/mol. The summed E-state index contributed by atoms with van der Waals surface area (Å²) in [6, 6.07) is 10.4. The van der Waals surface area contributed by atoms with Gasteiger partial charge in [0.2, 0.25) is 0 Å². The highest BCUT2D eigenvalue weighted by Crippen LogP contribution is 2.16. The summed E-state index contributed by atoms with van der Waals surface area (Å²) in [5.41, 5.74) is 2.24. The molecule has 22 heavy (non-hydrogen) atoms. The number of methoxy groups -OCH3 is 1. The largest absolute Gasteiger partial charge is 0.465 e. The Morgan fingerprint density at radius 3 is 2.27 bits per heavy atom. The van der Waals surface area contributed by atoms with Crippen LogP contribution < -0.4 is 10.2 Å². The van der Waals surface area contributed by atoms with Crippen LogP contribution in [0, 0.1) is 0 Å². The van der Waals surface area contributed by atoms with Crippen molar-refractivity contribution in [2.45, 2.75) is 0 Å². The second-order valence-electron chi connectivity index (χ2n) is 4.82. The molecule has 1 N–H and O–H groups in total. The van der Waals surface area contributed by atoms with E-state index >= 15 is 0 Å². The second kappa shape index (κ2) is 6.71. The number of hydrogen-bond acceptors (Lipinski definition) is 5. The lowest BCUT2D eigenvalue weighted by Crippen LogP contribution is -2.14. The highest BCUT2D eigenvalue weighted by molar-refractivity contribution is 6.03. The number of amides is 1. The van der Waals surface area contributed by atoms with Gasteiger partial charge in [-0.2, -0.15) is 0 Å². The fourth-order valence-electron chi connectivity index (χ4n) is 1.80. The van der Waals surface area contributed by atoms with Crippen molar-refractivity contribution in [2.24, 2.45) is 0 Å². The van der Waals surface area contributed by atoms with E-state index in [9.17, 15) is 9.59 Å². The average Bonchev–Trinajstić information content (AvgIpc) is 2.54. The van der Waals surface area contributed by atoms with Gasteiger partial charge in [0, 0.05) is 31.7 Å². The maximum Gasteiger partial charge on any atom is 0.339 e. The van der Waals surface area contributed by atoms with Gasteiger partial charge in [0.05, 0.1) is 12.7 Å². The first-order valence-electron chi connectivity index (χ1n) is 6.64. The summed E-state index contributed by atoms with van der Waals surface area (Å²) in [5, 5.41) is 2.75. The van der Waals surface area contributed by atoms with E-state index in [0.717, 1.165) is 5.69 Å². The molecule has 1 aromatic carbocycles. The Hall–Kier alpha value is -2.89. The minimum atomic E-state index is -0.487. The van der Waals surface area contributed by atoms with Gasteiger partial charge in [-0.25, -0.2) is 4.79 Å². The molecule has 0 saturated heterocycles. The molecule has 0 fully saturated rings. The lowest BCUT2D eigenvalue weighted by molar-refractivity contribution is 0.0600. The standard InChI is InChI=1S/C16H17N3O3/c1-19(2)13-7-5-12(6-8-13)18-15(20)14-9-4-11(10-17-14)16(21)22-3/h4-10H,1-3H3,(H,18,20). The Bertz CT molecular complexity index is 664. The Balaban J connectivity index is 2.07. The highest BCUT2D eigenvalue weighted by atomic mass is 16.5. The van der Waals surface area contributed by atoms with Gasteiger partial charge in [-0.05, 0) is 36.4 Å². The summed E-state index contributed by atoms with van der Waals surface area (Å²) in [6.45, 7) is 0. The molecule has 1 aromatic heterocycles. The van der Waals surface area contributed by atoms with E-state index in [4.69, 9.17) is 0 Å². The zero-order valence-electron chi connectivity index (χ0n) is 12.7. The number of ether oxygens (including phenoxy) is 1. The van der Waals surface area contributed by atoms with Gasteiger partial charge >= 0.3 is 5.97 Å². The van der Waals surface area contributed by atoms with Gasteiger partial charge in [-0.3, -0.25) is 9.78 Å². The molecule has 0 radical (unpaired) electrons. The van der Waals surface area contributed by atoms with E-state index in [0.29, 0.717) is 11.3 Å². The molecule has 2 rings (SSSR count). The predicted molar refractivity (Wildman–Crippen MR) is 84.3 cm³/mol. The molecule has 0 spiro atoms. The number of benzene rings is 1. The molecule has 0 aliphatic rings. The molecule has 1 heterocycles. The lowest BCUT2D eigenvalue weighted by atomic mass is 10.2. The highest BCUT2D eigenvalue weighted by Gasteiger charge is 2.10. The van der Waals surface area contributed by atoms with Crippen LogP contribution in [0.5, 0.6) is 0 Å². The van der Waals surface area contributed by atoms with E-state index in [-0.39, 0.29) is 11.6 Å². The van der Waals surface area contributed by atoms with Crippen LogP contribution in [0.1, 0.15) is 20.8 Å². The topological polar surface area (TPSA) is 71.5 Å². The number of carbonyl (C=O) groups is 2. The maximum atomic E-state index is 12.1. The molecular weight excluding hydrogens is 282 g/mol. The second-order valence-corrected chi connectivity index (χ2v) is 4.82. The summed E-state index contributed by atoms with van der Waals surface area (Å²) < 4.78 is 4.58. The van der Waals surface area contributed by atoms with Crippen LogP contribution >= 0.6 is 0 Å².